The van der Waals surface area contributed by atoms with E-state index in [0.29, 0.717) is 0 Å². The van der Waals surface area contributed by atoms with Gasteiger partial charge in [-0.05, 0) is 44.7 Å². The van der Waals surface area contributed by atoms with Crippen LogP contribution in [0.1, 0.15) is 49.1 Å². The van der Waals surface area contributed by atoms with Gasteiger partial charge in [0.15, 0.2) is 0 Å². The predicted octanol–water partition coefficient (Wildman–Crippen LogP) is 4.57. The number of nitrogens with zero attached hydrogens (tertiary/aromatic N) is 2. The zero-order valence-corrected chi connectivity index (χ0v) is 18.1. The number of aromatic nitrogens is 2. The van der Waals surface area contributed by atoms with E-state index < -0.39 is 0 Å². The van der Waals surface area contributed by atoms with Crippen LogP contribution in [0.2, 0.25) is 0 Å². The van der Waals surface area contributed by atoms with E-state index >= 15 is 0 Å². The molecule has 29 heavy (non-hydrogen) atoms. The molecule has 1 heterocycles. The molecule has 0 bridgehead atoms. The molecule has 0 spiro atoms. The van der Waals surface area contributed by atoms with Gasteiger partial charge in [0.25, 0.3) is 0 Å². The Kier molecular flexibility index (Phi) is 6.75. The zero-order valence-electron chi connectivity index (χ0n) is 18.1. The van der Waals surface area contributed by atoms with Gasteiger partial charge in [0.1, 0.15) is 11.6 Å². The first-order chi connectivity index (χ1) is 13.9. The highest BCUT2D eigenvalue weighted by Gasteiger charge is 2.22. The highest BCUT2D eigenvalue weighted by Crippen LogP contribution is 2.24. The molecule has 3 aromatic rings. The third kappa shape index (κ3) is 5.48. The minimum atomic E-state index is -0.314. The van der Waals surface area contributed by atoms with Crippen molar-refractivity contribution in [1.29, 1.82) is 0 Å². The van der Waals surface area contributed by atoms with E-state index in [1.54, 1.807) is 7.11 Å². The van der Waals surface area contributed by atoms with Crippen LogP contribution in [0.5, 0.6) is 5.75 Å². The highest BCUT2D eigenvalue weighted by atomic mass is 16.5. The number of benzene rings is 2. The van der Waals surface area contributed by atoms with Gasteiger partial charge in [0, 0.05) is 23.2 Å². The Hall–Kier alpha value is -2.59. The van der Waals surface area contributed by atoms with Crippen molar-refractivity contribution in [2.45, 2.75) is 58.5 Å². The maximum atomic E-state index is 6.37. The van der Waals surface area contributed by atoms with Crippen molar-refractivity contribution in [1.82, 2.24) is 9.55 Å². The van der Waals surface area contributed by atoms with Crippen LogP contribution < -0.4 is 10.5 Å². The highest BCUT2D eigenvalue weighted by molar-refractivity contribution is 5.35. The molecule has 0 aliphatic rings. The second-order valence-electron chi connectivity index (χ2n) is 8.32. The van der Waals surface area contributed by atoms with Gasteiger partial charge in [-0.2, -0.15) is 0 Å². The maximum Gasteiger partial charge on any atom is 0.123 e. The summed E-state index contributed by atoms with van der Waals surface area (Å²) in [6.45, 7) is 7.04. The fraction of sp³-hybridized carbons (Fsp3) is 0.400. The molecule has 154 valence electrons. The molecular formula is C25H33N3O. The van der Waals surface area contributed by atoms with Gasteiger partial charge in [-0.1, -0.05) is 55.5 Å². The summed E-state index contributed by atoms with van der Waals surface area (Å²) in [5.41, 5.74) is 11.0. The number of hydrogen-bond acceptors (Lipinski definition) is 3. The Bertz CT molecular complexity index is 923. The number of methoxy groups -OCH3 is 1. The molecule has 2 N–H and O–H groups in total. The first kappa shape index (κ1) is 21.1. The van der Waals surface area contributed by atoms with Gasteiger partial charge >= 0.3 is 0 Å². The fourth-order valence-electron chi connectivity index (χ4n) is 3.80. The van der Waals surface area contributed by atoms with Crippen LogP contribution >= 0.6 is 0 Å². The molecule has 0 unspecified atom stereocenters. The van der Waals surface area contributed by atoms with Crippen molar-refractivity contribution in [3.8, 4) is 5.75 Å². The number of rotatable bonds is 9. The molecule has 0 aliphatic carbocycles. The second-order valence-corrected chi connectivity index (χ2v) is 8.32. The van der Waals surface area contributed by atoms with Gasteiger partial charge in [-0.15, -0.1) is 0 Å². The standard InChI is InChI=1S/C25H33N3O/c1-5-21-22(16-15-19-11-7-6-8-12-19)28(24(27-21)17-25(2,3)26)18-20-13-9-10-14-23(20)29-4/h6-14H,5,15-18,26H2,1-4H3. The lowest BCUT2D eigenvalue weighted by atomic mass is 10.0. The van der Waals surface area contributed by atoms with E-state index in [4.69, 9.17) is 15.5 Å². The van der Waals surface area contributed by atoms with Crippen molar-refractivity contribution in [2.24, 2.45) is 5.73 Å². The van der Waals surface area contributed by atoms with Crippen LogP contribution in [0.3, 0.4) is 0 Å². The summed E-state index contributed by atoms with van der Waals surface area (Å²) < 4.78 is 7.97. The number of hydrogen-bond donors (Lipinski definition) is 1. The van der Waals surface area contributed by atoms with Crippen molar-refractivity contribution < 1.29 is 4.74 Å². The van der Waals surface area contributed by atoms with E-state index in [-0.39, 0.29) is 5.54 Å². The summed E-state index contributed by atoms with van der Waals surface area (Å²) in [6, 6.07) is 18.9. The Morgan fingerprint density at radius 3 is 2.34 bits per heavy atom. The lowest BCUT2D eigenvalue weighted by Crippen LogP contribution is -2.35. The molecule has 0 aliphatic heterocycles. The molecule has 0 saturated heterocycles. The van der Waals surface area contributed by atoms with E-state index in [1.807, 2.05) is 12.1 Å². The monoisotopic (exact) mass is 391 g/mol. The maximum absolute atomic E-state index is 6.37. The molecule has 0 atom stereocenters. The first-order valence-corrected chi connectivity index (χ1v) is 10.4. The van der Waals surface area contributed by atoms with Gasteiger partial charge in [0.05, 0.1) is 19.3 Å². The molecule has 4 nitrogen and oxygen atoms in total. The van der Waals surface area contributed by atoms with E-state index in [0.717, 1.165) is 49.4 Å². The SMILES string of the molecule is CCc1nc(CC(C)(C)N)n(Cc2ccccc2OC)c1CCc1ccccc1. The second kappa shape index (κ2) is 9.27. The van der Waals surface area contributed by atoms with Gasteiger partial charge in [0.2, 0.25) is 0 Å². The molecule has 3 rings (SSSR count). The molecule has 0 amide bonds. The topological polar surface area (TPSA) is 53.1 Å². The predicted molar refractivity (Wildman–Crippen MR) is 120 cm³/mol. The summed E-state index contributed by atoms with van der Waals surface area (Å²) in [5, 5.41) is 0. The molecule has 0 fully saturated rings. The van der Waals surface area contributed by atoms with Crippen LogP contribution in [0.15, 0.2) is 54.6 Å². The summed E-state index contributed by atoms with van der Waals surface area (Å²) in [7, 11) is 1.73. The number of para-hydroxylation sites is 1. The van der Waals surface area contributed by atoms with Gasteiger partial charge in [-0.25, -0.2) is 4.98 Å². The largest absolute Gasteiger partial charge is 0.496 e. The van der Waals surface area contributed by atoms with E-state index in [2.05, 4.69) is 67.8 Å². The number of aryl methyl sites for hydroxylation is 2. The summed E-state index contributed by atoms with van der Waals surface area (Å²) in [5.74, 6) is 1.97. The lowest BCUT2D eigenvalue weighted by molar-refractivity contribution is 0.407. The Morgan fingerprint density at radius 1 is 1.00 bits per heavy atom. The van der Waals surface area contributed by atoms with Gasteiger partial charge in [-0.3, -0.25) is 0 Å². The minimum absolute atomic E-state index is 0.314. The number of ether oxygens (including phenoxy) is 1. The van der Waals surface area contributed by atoms with Crippen LogP contribution in [0.25, 0.3) is 0 Å². The first-order valence-electron chi connectivity index (χ1n) is 10.4. The van der Waals surface area contributed by atoms with Crippen LogP contribution in [-0.4, -0.2) is 22.2 Å². The Labute approximate surface area is 174 Å². The molecular weight excluding hydrogens is 358 g/mol. The lowest BCUT2D eigenvalue weighted by Gasteiger charge is -2.20. The van der Waals surface area contributed by atoms with E-state index in [9.17, 15) is 0 Å². The van der Waals surface area contributed by atoms with Crippen molar-refractivity contribution in [2.75, 3.05) is 7.11 Å². The quantitative estimate of drug-likeness (QED) is 0.581. The molecule has 0 saturated carbocycles. The van der Waals surface area contributed by atoms with Crippen molar-refractivity contribution in [3.05, 3.63) is 82.9 Å². The Morgan fingerprint density at radius 2 is 1.69 bits per heavy atom. The Balaban J connectivity index is 2.00. The summed E-state index contributed by atoms with van der Waals surface area (Å²) in [4.78, 5) is 5.02. The van der Waals surface area contributed by atoms with Crippen molar-refractivity contribution >= 4 is 0 Å². The van der Waals surface area contributed by atoms with Crippen molar-refractivity contribution in [3.63, 3.8) is 0 Å². The summed E-state index contributed by atoms with van der Waals surface area (Å²) >= 11 is 0. The van der Waals surface area contributed by atoms with E-state index in [1.165, 1.54) is 17.0 Å². The van der Waals surface area contributed by atoms with Crippen LogP contribution in [0, 0.1) is 0 Å². The van der Waals surface area contributed by atoms with Crippen LogP contribution in [0.4, 0.5) is 0 Å². The summed E-state index contributed by atoms with van der Waals surface area (Å²) in [6.07, 6.45) is 3.61. The number of imidazole rings is 1. The smallest absolute Gasteiger partial charge is 0.123 e. The third-order valence-electron chi connectivity index (χ3n) is 5.20. The molecule has 4 heteroatoms. The minimum Gasteiger partial charge on any atom is -0.496 e. The normalized spacial score (nSPS) is 11.6. The molecule has 2 aromatic carbocycles. The number of nitrogens with two attached hydrogens (primary N) is 1. The fourth-order valence-corrected chi connectivity index (χ4v) is 3.80. The average Bonchev–Trinajstić information content (AvgIpc) is 3.02. The average molecular weight is 392 g/mol. The third-order valence-corrected chi connectivity index (χ3v) is 5.20. The van der Waals surface area contributed by atoms with Gasteiger partial charge < -0.3 is 15.0 Å². The molecule has 1 aromatic heterocycles. The van der Waals surface area contributed by atoms with Crippen LogP contribution in [-0.2, 0) is 32.2 Å². The molecule has 0 radical (unpaired) electrons. The zero-order chi connectivity index (χ0) is 20.9.